The van der Waals surface area contributed by atoms with E-state index >= 15 is 0 Å². The number of amides is 2. The van der Waals surface area contributed by atoms with Crippen molar-refractivity contribution in [3.05, 3.63) is 5.82 Å². The van der Waals surface area contributed by atoms with E-state index in [4.69, 9.17) is 10.5 Å². The van der Waals surface area contributed by atoms with Crippen molar-refractivity contribution in [3.63, 3.8) is 0 Å². The maximum atomic E-state index is 12.4. The monoisotopic (exact) mass is 353 g/mol. The molecule has 0 bridgehead atoms. The highest BCUT2D eigenvalue weighted by atomic mass is 32.2. The van der Waals surface area contributed by atoms with Crippen molar-refractivity contribution in [2.45, 2.75) is 49.9 Å². The Hall–Kier alpha value is -1.61. The zero-order valence-corrected chi connectivity index (χ0v) is 14.6. The summed E-state index contributed by atoms with van der Waals surface area (Å²) >= 11 is 1.41. The van der Waals surface area contributed by atoms with Crippen molar-refractivity contribution in [2.75, 3.05) is 25.4 Å². The molecule has 2 fully saturated rings. The molecule has 24 heavy (non-hydrogen) atoms. The Kier molecular flexibility index (Phi) is 5.40. The molecule has 2 amide bonds. The molecule has 2 N–H and O–H groups in total. The molecular formula is C15H23N5O3S. The average Bonchev–Trinajstić information content (AvgIpc) is 3.31. The number of hydrogen-bond donors (Lipinski definition) is 1. The third-order valence-electron chi connectivity index (χ3n) is 4.16. The molecule has 1 aromatic rings. The van der Waals surface area contributed by atoms with Crippen molar-refractivity contribution >= 4 is 23.6 Å². The van der Waals surface area contributed by atoms with Gasteiger partial charge in [-0.2, -0.15) is 0 Å². The Bertz CT molecular complexity index is 616. The molecule has 1 aliphatic heterocycles. The van der Waals surface area contributed by atoms with Gasteiger partial charge in [-0.15, -0.1) is 10.2 Å². The SMILES string of the molecule is C[C@@H]1CN(C(=O)CSc2nnc(CCC(N)=O)n2C2CC2)CCO1. The first-order valence-corrected chi connectivity index (χ1v) is 9.27. The van der Waals surface area contributed by atoms with Crippen molar-refractivity contribution in [2.24, 2.45) is 5.73 Å². The topological polar surface area (TPSA) is 103 Å². The second kappa shape index (κ2) is 7.52. The van der Waals surface area contributed by atoms with E-state index in [9.17, 15) is 9.59 Å². The molecule has 9 heteroatoms. The lowest BCUT2D eigenvalue weighted by atomic mass is 10.3. The molecule has 2 aliphatic rings. The van der Waals surface area contributed by atoms with E-state index in [0.29, 0.717) is 37.9 Å². The van der Waals surface area contributed by atoms with Gasteiger partial charge in [0, 0.05) is 32.0 Å². The smallest absolute Gasteiger partial charge is 0.233 e. The van der Waals surface area contributed by atoms with Crippen LogP contribution in [0.25, 0.3) is 0 Å². The second-order valence-electron chi connectivity index (χ2n) is 6.28. The molecule has 0 unspecified atom stereocenters. The fraction of sp³-hybridized carbons (Fsp3) is 0.733. The highest BCUT2D eigenvalue weighted by Gasteiger charge is 2.30. The van der Waals surface area contributed by atoms with E-state index < -0.39 is 0 Å². The van der Waals surface area contributed by atoms with Gasteiger partial charge in [-0.1, -0.05) is 11.8 Å². The summed E-state index contributed by atoms with van der Waals surface area (Å²) < 4.78 is 7.54. The minimum atomic E-state index is -0.342. The summed E-state index contributed by atoms with van der Waals surface area (Å²) in [6.07, 6.45) is 3.02. The van der Waals surface area contributed by atoms with Crippen LogP contribution in [0.1, 0.15) is 38.1 Å². The molecule has 0 spiro atoms. The minimum absolute atomic E-state index is 0.0863. The van der Waals surface area contributed by atoms with Crippen molar-refractivity contribution in [1.29, 1.82) is 0 Å². The largest absolute Gasteiger partial charge is 0.375 e. The van der Waals surface area contributed by atoms with Gasteiger partial charge in [0.2, 0.25) is 11.8 Å². The van der Waals surface area contributed by atoms with Crippen LogP contribution in [0, 0.1) is 0 Å². The molecule has 2 heterocycles. The van der Waals surface area contributed by atoms with Gasteiger partial charge in [0.15, 0.2) is 5.16 Å². The fourth-order valence-corrected chi connectivity index (χ4v) is 3.70. The van der Waals surface area contributed by atoms with Gasteiger partial charge in [0.1, 0.15) is 5.82 Å². The van der Waals surface area contributed by atoms with Crippen LogP contribution in [0.2, 0.25) is 0 Å². The number of nitrogens with zero attached hydrogens (tertiary/aromatic N) is 4. The number of rotatable bonds is 7. The third-order valence-corrected chi connectivity index (χ3v) is 5.09. The first kappa shape index (κ1) is 17.2. The van der Waals surface area contributed by atoms with Crippen LogP contribution in [0.5, 0.6) is 0 Å². The number of primary amides is 1. The van der Waals surface area contributed by atoms with Gasteiger partial charge < -0.3 is 19.9 Å². The van der Waals surface area contributed by atoms with Gasteiger partial charge >= 0.3 is 0 Å². The Labute approximate surface area is 145 Å². The molecule has 1 saturated carbocycles. The predicted octanol–water partition coefficient (Wildman–Crippen LogP) is 0.370. The average molecular weight is 353 g/mol. The Morgan fingerprint density at radius 3 is 2.83 bits per heavy atom. The van der Waals surface area contributed by atoms with Crippen LogP contribution >= 0.6 is 11.8 Å². The molecular weight excluding hydrogens is 330 g/mol. The molecule has 8 nitrogen and oxygen atoms in total. The lowest BCUT2D eigenvalue weighted by molar-refractivity contribution is -0.135. The number of thioether (sulfide) groups is 1. The first-order chi connectivity index (χ1) is 11.5. The van der Waals surface area contributed by atoms with Gasteiger partial charge in [-0.3, -0.25) is 9.59 Å². The maximum Gasteiger partial charge on any atom is 0.233 e. The second-order valence-corrected chi connectivity index (χ2v) is 7.22. The van der Waals surface area contributed by atoms with E-state index in [1.54, 1.807) is 0 Å². The van der Waals surface area contributed by atoms with E-state index in [2.05, 4.69) is 14.8 Å². The summed E-state index contributed by atoms with van der Waals surface area (Å²) in [4.78, 5) is 25.2. The molecule has 1 atom stereocenters. The summed E-state index contributed by atoms with van der Waals surface area (Å²) in [7, 11) is 0. The van der Waals surface area contributed by atoms with Crippen LogP contribution in [0.4, 0.5) is 0 Å². The number of aromatic nitrogens is 3. The number of morpholine rings is 1. The van der Waals surface area contributed by atoms with Gasteiger partial charge in [-0.25, -0.2) is 0 Å². The molecule has 3 rings (SSSR count). The van der Waals surface area contributed by atoms with Crippen LogP contribution in [0.15, 0.2) is 5.16 Å². The van der Waals surface area contributed by atoms with Crippen LogP contribution in [-0.2, 0) is 20.7 Å². The summed E-state index contributed by atoms with van der Waals surface area (Å²) in [6, 6.07) is 0.392. The predicted molar refractivity (Wildman–Crippen MR) is 88.5 cm³/mol. The standard InChI is InChI=1S/C15H23N5O3S/c1-10-8-19(6-7-23-10)14(22)9-24-15-18-17-13(5-4-12(16)21)20(15)11-2-3-11/h10-11H,2-9H2,1H3,(H2,16,21)/t10-/m1/s1. The number of carbonyl (C=O) groups is 2. The van der Waals surface area contributed by atoms with Crippen molar-refractivity contribution in [1.82, 2.24) is 19.7 Å². The normalized spacial score (nSPS) is 21.0. The molecule has 1 aliphatic carbocycles. The van der Waals surface area contributed by atoms with E-state index in [-0.39, 0.29) is 24.3 Å². The van der Waals surface area contributed by atoms with Crippen LogP contribution < -0.4 is 5.73 Å². The summed E-state index contributed by atoms with van der Waals surface area (Å²) in [5.41, 5.74) is 5.22. The highest BCUT2D eigenvalue weighted by Crippen LogP contribution is 2.39. The summed E-state index contributed by atoms with van der Waals surface area (Å²) in [5, 5.41) is 9.16. The van der Waals surface area contributed by atoms with Gasteiger partial charge in [0.25, 0.3) is 0 Å². The highest BCUT2D eigenvalue weighted by molar-refractivity contribution is 7.99. The number of hydrogen-bond acceptors (Lipinski definition) is 6. The third kappa shape index (κ3) is 4.27. The quantitative estimate of drug-likeness (QED) is 0.711. The Morgan fingerprint density at radius 1 is 1.38 bits per heavy atom. The Morgan fingerprint density at radius 2 is 2.17 bits per heavy atom. The van der Waals surface area contributed by atoms with Crippen LogP contribution in [-0.4, -0.2) is 63.0 Å². The number of nitrogens with two attached hydrogens (primary N) is 1. The van der Waals surface area contributed by atoms with Gasteiger partial charge in [-0.05, 0) is 19.8 Å². The Balaban J connectivity index is 1.60. The molecule has 0 aromatic carbocycles. The summed E-state index contributed by atoms with van der Waals surface area (Å²) in [6.45, 7) is 3.84. The fourth-order valence-electron chi connectivity index (χ4n) is 2.77. The zero-order chi connectivity index (χ0) is 17.1. The first-order valence-electron chi connectivity index (χ1n) is 8.29. The van der Waals surface area contributed by atoms with Crippen LogP contribution in [0.3, 0.4) is 0 Å². The minimum Gasteiger partial charge on any atom is -0.375 e. The number of aryl methyl sites for hydroxylation is 1. The van der Waals surface area contributed by atoms with E-state index in [0.717, 1.165) is 23.8 Å². The van der Waals surface area contributed by atoms with E-state index in [1.807, 2.05) is 11.8 Å². The van der Waals surface area contributed by atoms with E-state index in [1.165, 1.54) is 11.8 Å². The lowest BCUT2D eigenvalue weighted by Crippen LogP contribution is -2.45. The van der Waals surface area contributed by atoms with Crippen molar-refractivity contribution < 1.29 is 14.3 Å². The zero-order valence-electron chi connectivity index (χ0n) is 13.8. The molecule has 0 radical (unpaired) electrons. The molecule has 132 valence electrons. The molecule has 1 aromatic heterocycles. The maximum absolute atomic E-state index is 12.4. The number of ether oxygens (including phenoxy) is 1. The van der Waals surface area contributed by atoms with Gasteiger partial charge in [0.05, 0.1) is 18.5 Å². The molecule has 1 saturated heterocycles. The lowest BCUT2D eigenvalue weighted by Gasteiger charge is -2.31. The summed E-state index contributed by atoms with van der Waals surface area (Å²) in [5.74, 6) is 0.879. The van der Waals surface area contributed by atoms with Crippen molar-refractivity contribution in [3.8, 4) is 0 Å². The number of carbonyl (C=O) groups excluding carboxylic acids is 2.